The number of para-hydroxylation sites is 1. The van der Waals surface area contributed by atoms with Crippen molar-refractivity contribution < 1.29 is 17.7 Å². The average molecular weight is 473 g/mol. The lowest BCUT2D eigenvalue weighted by Crippen LogP contribution is -2.46. The first-order valence-electron chi connectivity index (χ1n) is 10.6. The third kappa shape index (κ3) is 3.66. The van der Waals surface area contributed by atoms with Crippen molar-refractivity contribution in [3.05, 3.63) is 47.2 Å². The van der Waals surface area contributed by atoms with Gasteiger partial charge in [0.15, 0.2) is 0 Å². The Hall–Kier alpha value is -2.56. The molecule has 2 aliphatic heterocycles. The van der Waals surface area contributed by atoms with E-state index in [-0.39, 0.29) is 22.1 Å². The molecule has 0 spiro atoms. The molecule has 0 radical (unpaired) electrons. The van der Waals surface area contributed by atoms with E-state index in [0.29, 0.717) is 43.2 Å². The summed E-state index contributed by atoms with van der Waals surface area (Å²) in [6, 6.07) is 9.73. The molecule has 32 heavy (non-hydrogen) atoms. The smallest absolute Gasteiger partial charge is 0.252 e. The Bertz CT molecular complexity index is 1260. The van der Waals surface area contributed by atoms with Gasteiger partial charge in [-0.05, 0) is 43.9 Å². The Labute approximate surface area is 190 Å². The van der Waals surface area contributed by atoms with Crippen molar-refractivity contribution in [3.8, 4) is 11.4 Å². The van der Waals surface area contributed by atoms with Crippen molar-refractivity contribution in [2.45, 2.75) is 43.4 Å². The van der Waals surface area contributed by atoms with Gasteiger partial charge >= 0.3 is 0 Å². The number of benzene rings is 1. The SMILES string of the molecule is Cc1nc(-c2csc(S(=O)(=O)N3CCC(C(=O)N4c5ccccc5C[C@@H]4C)CC3)c2)no1. The number of sulfonamides is 1. The standard InChI is InChI=1S/C22H24N4O4S2/c1-14-11-17-5-3-4-6-19(17)26(14)22(27)16-7-9-25(10-8-16)32(28,29)20-12-18(13-31-20)21-23-15(2)30-24-21/h3-6,12-14,16H,7-11H2,1-2H3/t14-/m0/s1. The minimum atomic E-state index is -3.63. The number of nitrogens with zero attached hydrogens (tertiary/aromatic N) is 4. The van der Waals surface area contributed by atoms with E-state index in [4.69, 9.17) is 4.52 Å². The number of aryl methyl sites for hydroxylation is 1. The third-order valence-electron chi connectivity index (χ3n) is 6.20. The molecule has 4 heterocycles. The van der Waals surface area contributed by atoms with Gasteiger partial charge in [0.25, 0.3) is 10.0 Å². The van der Waals surface area contributed by atoms with E-state index < -0.39 is 10.0 Å². The van der Waals surface area contributed by atoms with E-state index in [1.54, 1.807) is 18.4 Å². The van der Waals surface area contributed by atoms with Gasteiger partial charge in [0.2, 0.25) is 17.6 Å². The number of amides is 1. The molecule has 1 saturated heterocycles. The third-order valence-corrected chi connectivity index (χ3v) is 9.52. The summed E-state index contributed by atoms with van der Waals surface area (Å²) in [5, 5.41) is 5.57. The van der Waals surface area contributed by atoms with Crippen molar-refractivity contribution in [3.63, 3.8) is 0 Å². The number of thiophene rings is 1. The van der Waals surface area contributed by atoms with Gasteiger partial charge in [0.1, 0.15) is 4.21 Å². The van der Waals surface area contributed by atoms with E-state index in [1.165, 1.54) is 9.87 Å². The molecule has 0 saturated carbocycles. The molecule has 1 atom stereocenters. The van der Waals surface area contributed by atoms with Gasteiger partial charge in [-0.15, -0.1) is 11.3 Å². The molecule has 0 aliphatic carbocycles. The number of aromatic nitrogens is 2. The minimum Gasteiger partial charge on any atom is -0.339 e. The van der Waals surface area contributed by atoms with Crippen LogP contribution in [0.25, 0.3) is 11.4 Å². The maximum atomic E-state index is 13.3. The summed E-state index contributed by atoms with van der Waals surface area (Å²) in [5.74, 6) is 0.739. The topological polar surface area (TPSA) is 96.6 Å². The zero-order valence-corrected chi connectivity index (χ0v) is 19.5. The number of carbonyl (C=O) groups excluding carboxylic acids is 1. The lowest BCUT2D eigenvalue weighted by Gasteiger charge is -2.33. The van der Waals surface area contributed by atoms with Crippen LogP contribution < -0.4 is 4.90 Å². The van der Waals surface area contributed by atoms with Gasteiger partial charge in [0.05, 0.1) is 0 Å². The monoisotopic (exact) mass is 472 g/mol. The van der Waals surface area contributed by atoms with E-state index in [2.05, 4.69) is 23.1 Å². The Kier molecular flexibility index (Phi) is 5.39. The summed E-state index contributed by atoms with van der Waals surface area (Å²) in [4.78, 5) is 19.4. The molecule has 168 valence electrons. The molecule has 1 aromatic carbocycles. The second-order valence-electron chi connectivity index (χ2n) is 8.36. The number of carbonyl (C=O) groups is 1. The molecule has 0 N–H and O–H groups in total. The van der Waals surface area contributed by atoms with Crippen LogP contribution in [0, 0.1) is 12.8 Å². The number of piperidine rings is 1. The van der Waals surface area contributed by atoms with Gasteiger partial charge < -0.3 is 9.42 Å². The van der Waals surface area contributed by atoms with Crippen LogP contribution in [0.15, 0.2) is 44.4 Å². The predicted molar refractivity (Wildman–Crippen MR) is 121 cm³/mol. The summed E-state index contributed by atoms with van der Waals surface area (Å²) in [6.07, 6.45) is 1.90. The van der Waals surface area contributed by atoms with E-state index in [1.807, 2.05) is 23.1 Å². The van der Waals surface area contributed by atoms with E-state index in [9.17, 15) is 13.2 Å². The predicted octanol–water partition coefficient (Wildman–Crippen LogP) is 3.49. The van der Waals surface area contributed by atoms with Crippen LogP contribution >= 0.6 is 11.3 Å². The Morgan fingerprint density at radius 1 is 1.22 bits per heavy atom. The Balaban J connectivity index is 1.27. The summed E-state index contributed by atoms with van der Waals surface area (Å²) in [6.45, 7) is 4.42. The fraction of sp³-hybridized carbons (Fsp3) is 0.409. The van der Waals surface area contributed by atoms with Crippen molar-refractivity contribution in [2.24, 2.45) is 5.92 Å². The van der Waals surface area contributed by atoms with Crippen LogP contribution in [0.2, 0.25) is 0 Å². The zero-order chi connectivity index (χ0) is 22.5. The lowest BCUT2D eigenvalue weighted by molar-refractivity contribution is -0.123. The second kappa shape index (κ2) is 8.09. The van der Waals surface area contributed by atoms with Crippen molar-refractivity contribution in [1.29, 1.82) is 0 Å². The van der Waals surface area contributed by atoms with Gasteiger partial charge in [-0.1, -0.05) is 23.4 Å². The fourth-order valence-corrected chi connectivity index (χ4v) is 7.33. The highest BCUT2D eigenvalue weighted by Gasteiger charge is 2.38. The minimum absolute atomic E-state index is 0.102. The van der Waals surface area contributed by atoms with Gasteiger partial charge in [-0.3, -0.25) is 4.79 Å². The summed E-state index contributed by atoms with van der Waals surface area (Å²) in [5.41, 5.74) is 2.80. The lowest BCUT2D eigenvalue weighted by atomic mass is 9.96. The van der Waals surface area contributed by atoms with Crippen LogP contribution in [0.1, 0.15) is 31.2 Å². The maximum absolute atomic E-state index is 13.3. The number of hydrogen-bond donors (Lipinski definition) is 0. The first-order valence-corrected chi connectivity index (χ1v) is 13.0. The second-order valence-corrected chi connectivity index (χ2v) is 11.4. The van der Waals surface area contributed by atoms with Gasteiger partial charge in [-0.2, -0.15) is 9.29 Å². The fourth-order valence-electron chi connectivity index (χ4n) is 4.55. The molecule has 10 heteroatoms. The molecular formula is C22H24N4O4S2. The average Bonchev–Trinajstić information content (AvgIpc) is 3.51. The molecule has 1 fully saturated rings. The summed E-state index contributed by atoms with van der Waals surface area (Å²) in [7, 11) is -3.63. The number of anilines is 1. The van der Waals surface area contributed by atoms with Crippen molar-refractivity contribution in [2.75, 3.05) is 18.0 Å². The quantitative estimate of drug-likeness (QED) is 0.577. The van der Waals surface area contributed by atoms with Crippen LogP contribution in [0.4, 0.5) is 5.69 Å². The van der Waals surface area contributed by atoms with Crippen LogP contribution in [0.3, 0.4) is 0 Å². The number of hydrogen-bond acceptors (Lipinski definition) is 7. The summed E-state index contributed by atoms with van der Waals surface area (Å²) < 4.78 is 33.0. The number of rotatable bonds is 4. The van der Waals surface area contributed by atoms with Gasteiger partial charge in [-0.25, -0.2) is 8.42 Å². The highest BCUT2D eigenvalue weighted by atomic mass is 32.2. The Morgan fingerprint density at radius 3 is 2.69 bits per heavy atom. The first-order chi connectivity index (χ1) is 15.3. The van der Waals surface area contributed by atoms with Crippen LogP contribution in [0.5, 0.6) is 0 Å². The number of fused-ring (bicyclic) bond motifs is 1. The maximum Gasteiger partial charge on any atom is 0.252 e. The van der Waals surface area contributed by atoms with Crippen LogP contribution in [-0.2, 0) is 21.2 Å². The van der Waals surface area contributed by atoms with Crippen molar-refractivity contribution >= 4 is 33.0 Å². The van der Waals surface area contributed by atoms with Crippen LogP contribution in [-0.4, -0.2) is 47.9 Å². The molecule has 0 unspecified atom stereocenters. The molecule has 1 amide bonds. The highest BCUT2D eigenvalue weighted by molar-refractivity contribution is 7.91. The molecule has 3 aromatic rings. The summed E-state index contributed by atoms with van der Waals surface area (Å²) >= 11 is 1.15. The molecule has 2 aliphatic rings. The van der Waals surface area contributed by atoms with Gasteiger partial charge in [0, 0.05) is 48.6 Å². The Morgan fingerprint density at radius 2 is 1.97 bits per heavy atom. The zero-order valence-electron chi connectivity index (χ0n) is 17.9. The van der Waals surface area contributed by atoms with Crippen molar-refractivity contribution in [1.82, 2.24) is 14.4 Å². The molecule has 8 nitrogen and oxygen atoms in total. The molecule has 0 bridgehead atoms. The first kappa shape index (κ1) is 21.3. The van der Waals surface area contributed by atoms with E-state index in [0.717, 1.165) is 23.4 Å². The molecule has 2 aromatic heterocycles. The normalized spacial score (nSPS) is 19.9. The van der Waals surface area contributed by atoms with E-state index >= 15 is 0 Å². The molecule has 5 rings (SSSR count). The molecular weight excluding hydrogens is 448 g/mol. The largest absolute Gasteiger partial charge is 0.339 e. The highest BCUT2D eigenvalue weighted by Crippen LogP contribution is 2.36.